The Morgan fingerprint density at radius 2 is 1.86 bits per heavy atom. The van der Waals surface area contributed by atoms with E-state index in [4.69, 9.17) is 0 Å². The first-order chi connectivity index (χ1) is 10.2. The molecule has 2 rings (SSSR count). The molecule has 0 saturated carbocycles. The average Bonchev–Trinajstić information content (AvgIpc) is 2.73. The number of hydrogen-bond acceptors (Lipinski definition) is 3. The summed E-state index contributed by atoms with van der Waals surface area (Å²) in [7, 11) is 2.23. The fourth-order valence-electron chi connectivity index (χ4n) is 3.21. The molecule has 1 N–H and O–H groups in total. The number of nitrogens with one attached hydrogen (secondary N) is 1. The molecule has 3 nitrogen and oxygen atoms in total. The van der Waals surface area contributed by atoms with E-state index in [1.54, 1.807) is 0 Å². The molecular formula is C18H31N3. The van der Waals surface area contributed by atoms with Gasteiger partial charge in [0, 0.05) is 25.2 Å². The van der Waals surface area contributed by atoms with E-state index >= 15 is 0 Å². The van der Waals surface area contributed by atoms with Gasteiger partial charge in [-0.3, -0.25) is 4.90 Å². The Bertz CT molecular complexity index is 393. The lowest BCUT2D eigenvalue weighted by molar-refractivity contribution is 0.174. The molecule has 1 aromatic carbocycles. The zero-order valence-corrected chi connectivity index (χ0v) is 13.9. The molecule has 0 amide bonds. The van der Waals surface area contributed by atoms with Gasteiger partial charge in [-0.2, -0.15) is 0 Å². The summed E-state index contributed by atoms with van der Waals surface area (Å²) in [6, 6.07) is 11.9. The highest BCUT2D eigenvalue weighted by Gasteiger charge is 2.25. The number of likely N-dealkylation sites (N-methyl/N-ethyl adjacent to an activating group) is 1. The molecular weight excluding hydrogens is 258 g/mol. The average molecular weight is 289 g/mol. The fourth-order valence-corrected chi connectivity index (χ4v) is 3.21. The van der Waals surface area contributed by atoms with E-state index in [0.717, 1.165) is 6.54 Å². The third-order valence-electron chi connectivity index (χ3n) is 4.59. The summed E-state index contributed by atoms with van der Waals surface area (Å²) < 4.78 is 0. The molecule has 1 aromatic rings. The minimum absolute atomic E-state index is 0.426. The van der Waals surface area contributed by atoms with Crippen LogP contribution >= 0.6 is 0 Å². The van der Waals surface area contributed by atoms with Gasteiger partial charge in [-0.15, -0.1) is 0 Å². The summed E-state index contributed by atoms with van der Waals surface area (Å²) >= 11 is 0. The first-order valence-corrected chi connectivity index (χ1v) is 8.43. The van der Waals surface area contributed by atoms with Crippen molar-refractivity contribution in [1.82, 2.24) is 15.1 Å². The highest BCUT2D eigenvalue weighted by atomic mass is 15.2. The Morgan fingerprint density at radius 3 is 2.57 bits per heavy atom. The molecule has 2 unspecified atom stereocenters. The lowest BCUT2D eigenvalue weighted by Gasteiger charge is -2.35. The van der Waals surface area contributed by atoms with Crippen LogP contribution in [0.15, 0.2) is 30.3 Å². The molecule has 1 fully saturated rings. The van der Waals surface area contributed by atoms with Gasteiger partial charge in [-0.25, -0.2) is 0 Å². The first-order valence-electron chi connectivity index (χ1n) is 8.43. The second kappa shape index (κ2) is 8.52. The van der Waals surface area contributed by atoms with Crippen LogP contribution in [0, 0.1) is 0 Å². The zero-order chi connectivity index (χ0) is 15.1. The first kappa shape index (κ1) is 16.5. The van der Waals surface area contributed by atoms with Crippen LogP contribution in [-0.2, 0) is 0 Å². The molecule has 1 heterocycles. The standard InChI is InChI=1S/C18H31N3/c1-4-11-19-18(17-9-6-5-7-10-17)16(2)21-13-8-12-20(3)14-15-21/h5-7,9-10,16,18-19H,4,8,11-15H2,1-3H3. The van der Waals surface area contributed by atoms with E-state index in [1.807, 2.05) is 0 Å². The molecule has 21 heavy (non-hydrogen) atoms. The van der Waals surface area contributed by atoms with Gasteiger partial charge in [0.15, 0.2) is 0 Å². The van der Waals surface area contributed by atoms with Crippen molar-refractivity contribution in [3.63, 3.8) is 0 Å². The quantitative estimate of drug-likeness (QED) is 0.869. The largest absolute Gasteiger partial charge is 0.309 e. The smallest absolute Gasteiger partial charge is 0.0475 e. The highest BCUT2D eigenvalue weighted by Crippen LogP contribution is 2.22. The third kappa shape index (κ3) is 4.80. The SMILES string of the molecule is CCCNC(c1ccccc1)C(C)N1CCCN(C)CC1. The molecule has 118 valence electrons. The molecule has 0 aliphatic carbocycles. The topological polar surface area (TPSA) is 18.5 Å². The number of benzene rings is 1. The number of hydrogen-bond donors (Lipinski definition) is 1. The van der Waals surface area contributed by atoms with Crippen molar-refractivity contribution >= 4 is 0 Å². The van der Waals surface area contributed by atoms with E-state index in [2.05, 4.69) is 66.3 Å². The van der Waals surface area contributed by atoms with Crippen molar-refractivity contribution in [3.8, 4) is 0 Å². The molecule has 3 heteroatoms. The van der Waals surface area contributed by atoms with E-state index in [1.165, 1.54) is 44.6 Å². The van der Waals surface area contributed by atoms with Crippen LogP contribution in [-0.4, -0.2) is 55.6 Å². The Labute approximate surface area is 130 Å². The summed E-state index contributed by atoms with van der Waals surface area (Å²) in [5.41, 5.74) is 1.41. The normalized spacial score (nSPS) is 20.9. The van der Waals surface area contributed by atoms with Crippen LogP contribution in [0.5, 0.6) is 0 Å². The summed E-state index contributed by atoms with van der Waals surface area (Å²) in [6.45, 7) is 10.5. The predicted molar refractivity (Wildman–Crippen MR) is 90.6 cm³/mol. The van der Waals surface area contributed by atoms with Gasteiger partial charge in [0.2, 0.25) is 0 Å². The minimum atomic E-state index is 0.426. The molecule has 0 bridgehead atoms. The van der Waals surface area contributed by atoms with Gasteiger partial charge in [0.1, 0.15) is 0 Å². The van der Waals surface area contributed by atoms with Crippen LogP contribution in [0.25, 0.3) is 0 Å². The molecule has 0 aromatic heterocycles. The third-order valence-corrected chi connectivity index (χ3v) is 4.59. The predicted octanol–water partition coefficient (Wildman–Crippen LogP) is 2.75. The van der Waals surface area contributed by atoms with Gasteiger partial charge in [0.05, 0.1) is 0 Å². The monoisotopic (exact) mass is 289 g/mol. The van der Waals surface area contributed by atoms with Gasteiger partial charge in [0.25, 0.3) is 0 Å². The minimum Gasteiger partial charge on any atom is -0.309 e. The van der Waals surface area contributed by atoms with Gasteiger partial charge in [-0.1, -0.05) is 37.3 Å². The van der Waals surface area contributed by atoms with Crippen molar-refractivity contribution < 1.29 is 0 Å². The van der Waals surface area contributed by atoms with Gasteiger partial charge >= 0.3 is 0 Å². The summed E-state index contributed by atoms with van der Waals surface area (Å²) in [4.78, 5) is 5.10. The van der Waals surface area contributed by atoms with E-state index in [9.17, 15) is 0 Å². The van der Waals surface area contributed by atoms with Crippen LogP contribution < -0.4 is 5.32 Å². The van der Waals surface area contributed by atoms with Crippen molar-refractivity contribution in [1.29, 1.82) is 0 Å². The van der Waals surface area contributed by atoms with E-state index < -0.39 is 0 Å². The zero-order valence-electron chi connectivity index (χ0n) is 13.9. The Kier molecular flexibility index (Phi) is 6.68. The van der Waals surface area contributed by atoms with Gasteiger partial charge in [-0.05, 0) is 52.0 Å². The van der Waals surface area contributed by atoms with E-state index in [-0.39, 0.29) is 0 Å². The van der Waals surface area contributed by atoms with Crippen LogP contribution in [0.2, 0.25) is 0 Å². The summed E-state index contributed by atoms with van der Waals surface area (Å²) in [6.07, 6.45) is 2.45. The van der Waals surface area contributed by atoms with E-state index in [0.29, 0.717) is 12.1 Å². The van der Waals surface area contributed by atoms with Crippen molar-refractivity contribution in [2.24, 2.45) is 0 Å². The Hall–Kier alpha value is -0.900. The maximum Gasteiger partial charge on any atom is 0.0475 e. The van der Waals surface area contributed by atoms with Crippen molar-refractivity contribution in [2.75, 3.05) is 39.8 Å². The maximum absolute atomic E-state index is 3.76. The second-order valence-corrected chi connectivity index (χ2v) is 6.28. The summed E-state index contributed by atoms with van der Waals surface area (Å²) in [5.74, 6) is 0. The van der Waals surface area contributed by atoms with Crippen LogP contribution in [0.4, 0.5) is 0 Å². The Balaban J connectivity index is 2.08. The van der Waals surface area contributed by atoms with Crippen LogP contribution in [0.1, 0.15) is 38.3 Å². The fraction of sp³-hybridized carbons (Fsp3) is 0.667. The Morgan fingerprint density at radius 1 is 1.10 bits per heavy atom. The molecule has 2 atom stereocenters. The highest BCUT2D eigenvalue weighted by molar-refractivity contribution is 5.20. The lowest BCUT2D eigenvalue weighted by atomic mass is 9.98. The molecule has 1 aliphatic heterocycles. The molecule has 1 saturated heterocycles. The molecule has 0 spiro atoms. The maximum atomic E-state index is 3.76. The van der Waals surface area contributed by atoms with Crippen LogP contribution in [0.3, 0.4) is 0 Å². The second-order valence-electron chi connectivity index (χ2n) is 6.28. The summed E-state index contributed by atoms with van der Waals surface area (Å²) in [5, 5.41) is 3.76. The number of rotatable bonds is 6. The lowest BCUT2D eigenvalue weighted by Crippen LogP contribution is -2.44. The van der Waals surface area contributed by atoms with Crippen molar-refractivity contribution in [3.05, 3.63) is 35.9 Å². The number of nitrogens with zero attached hydrogens (tertiary/aromatic N) is 2. The molecule has 0 radical (unpaired) electrons. The van der Waals surface area contributed by atoms with Gasteiger partial charge < -0.3 is 10.2 Å². The van der Waals surface area contributed by atoms with Crippen molar-refractivity contribution in [2.45, 2.75) is 38.8 Å². The molecule has 1 aliphatic rings.